The lowest BCUT2D eigenvalue weighted by Gasteiger charge is -2.12. The number of amides is 2. The monoisotopic (exact) mass is 249 g/mol. The number of carbonyl (C=O) groups excluding carboxylic acids is 1. The van der Waals surface area contributed by atoms with E-state index in [1.54, 1.807) is 6.08 Å². The molecule has 0 saturated carbocycles. The van der Waals surface area contributed by atoms with Crippen LogP contribution in [-0.4, -0.2) is 53.2 Å². The number of nitrogens with one attached hydrogen (secondary N) is 2. The highest BCUT2D eigenvalue weighted by Crippen LogP contribution is 2.01. The standard InChI is InChI=1S/C9H19N3O3S/c1-2-3-11-9(15)12-4-5-16-6-7(10)8(13)14/h2,7-8,13-14H,1,3-6,10H2,(H2,11,12,15)/t7-/m0/s1. The first-order chi connectivity index (χ1) is 7.57. The first-order valence-electron chi connectivity index (χ1n) is 4.90. The SMILES string of the molecule is C=CCNC(=O)NCCSC[C@H](N)C(O)O. The Labute approximate surface area is 99.3 Å². The van der Waals surface area contributed by atoms with E-state index >= 15 is 0 Å². The highest BCUT2D eigenvalue weighted by Gasteiger charge is 2.10. The maximum atomic E-state index is 11.0. The number of nitrogens with two attached hydrogens (primary N) is 1. The lowest BCUT2D eigenvalue weighted by atomic mass is 10.4. The van der Waals surface area contributed by atoms with Crippen molar-refractivity contribution in [2.24, 2.45) is 5.73 Å². The van der Waals surface area contributed by atoms with Crippen molar-refractivity contribution in [1.29, 1.82) is 0 Å². The zero-order chi connectivity index (χ0) is 12.4. The number of carbonyl (C=O) groups is 1. The summed E-state index contributed by atoms with van der Waals surface area (Å²) in [6, 6.07) is -0.897. The summed E-state index contributed by atoms with van der Waals surface area (Å²) in [5.74, 6) is 1.11. The van der Waals surface area contributed by atoms with Crippen LogP contribution in [0.4, 0.5) is 4.79 Å². The predicted molar refractivity (Wildman–Crippen MR) is 65.1 cm³/mol. The fraction of sp³-hybridized carbons (Fsp3) is 0.667. The summed E-state index contributed by atoms with van der Waals surface area (Å²) in [5, 5.41) is 22.6. The van der Waals surface area contributed by atoms with Gasteiger partial charge in [-0.2, -0.15) is 11.8 Å². The fourth-order valence-electron chi connectivity index (χ4n) is 0.770. The first-order valence-corrected chi connectivity index (χ1v) is 6.05. The minimum absolute atomic E-state index is 0.244. The summed E-state index contributed by atoms with van der Waals surface area (Å²) in [6.45, 7) is 4.40. The van der Waals surface area contributed by atoms with Crippen molar-refractivity contribution in [3.63, 3.8) is 0 Å². The highest BCUT2D eigenvalue weighted by atomic mass is 32.2. The minimum atomic E-state index is -1.49. The molecule has 0 aliphatic carbocycles. The predicted octanol–water partition coefficient (Wildman–Crippen LogP) is -1.16. The van der Waals surface area contributed by atoms with Crippen LogP contribution in [0.15, 0.2) is 12.7 Å². The van der Waals surface area contributed by atoms with Crippen LogP contribution in [0.2, 0.25) is 0 Å². The lowest BCUT2D eigenvalue weighted by Crippen LogP contribution is -2.38. The molecule has 0 saturated heterocycles. The van der Waals surface area contributed by atoms with Crippen LogP contribution in [0.3, 0.4) is 0 Å². The maximum Gasteiger partial charge on any atom is 0.315 e. The zero-order valence-electron chi connectivity index (χ0n) is 9.06. The topological polar surface area (TPSA) is 108 Å². The third-order valence-electron chi connectivity index (χ3n) is 1.63. The Morgan fingerprint density at radius 1 is 1.50 bits per heavy atom. The number of hydrogen-bond acceptors (Lipinski definition) is 5. The van der Waals surface area contributed by atoms with Gasteiger partial charge in [-0.25, -0.2) is 4.79 Å². The molecule has 0 aromatic carbocycles. The normalized spacial score (nSPS) is 12.2. The van der Waals surface area contributed by atoms with Gasteiger partial charge in [0, 0.05) is 24.6 Å². The van der Waals surface area contributed by atoms with E-state index in [-0.39, 0.29) is 6.03 Å². The summed E-state index contributed by atoms with van der Waals surface area (Å²) in [5.41, 5.74) is 5.39. The van der Waals surface area contributed by atoms with Crippen molar-refractivity contribution in [1.82, 2.24) is 10.6 Å². The van der Waals surface area contributed by atoms with Gasteiger partial charge in [-0.3, -0.25) is 0 Å². The molecule has 94 valence electrons. The Morgan fingerprint density at radius 2 is 2.19 bits per heavy atom. The molecule has 6 nitrogen and oxygen atoms in total. The number of aliphatic hydroxyl groups excluding tert-OH is 1. The van der Waals surface area contributed by atoms with Crippen molar-refractivity contribution < 1.29 is 15.0 Å². The van der Waals surface area contributed by atoms with E-state index in [4.69, 9.17) is 15.9 Å². The van der Waals surface area contributed by atoms with Crippen LogP contribution in [0, 0.1) is 0 Å². The molecule has 7 heteroatoms. The highest BCUT2D eigenvalue weighted by molar-refractivity contribution is 7.99. The van der Waals surface area contributed by atoms with Crippen LogP contribution >= 0.6 is 11.8 Å². The number of thioether (sulfide) groups is 1. The van der Waals surface area contributed by atoms with Gasteiger partial charge < -0.3 is 26.6 Å². The third-order valence-corrected chi connectivity index (χ3v) is 2.75. The molecule has 0 aromatic rings. The van der Waals surface area contributed by atoms with Crippen molar-refractivity contribution in [2.45, 2.75) is 12.3 Å². The molecule has 1 atom stereocenters. The van der Waals surface area contributed by atoms with Gasteiger partial charge in [0.1, 0.15) is 0 Å². The van der Waals surface area contributed by atoms with E-state index in [9.17, 15) is 4.79 Å². The van der Waals surface area contributed by atoms with E-state index in [1.165, 1.54) is 11.8 Å². The van der Waals surface area contributed by atoms with E-state index < -0.39 is 12.3 Å². The van der Waals surface area contributed by atoms with Gasteiger partial charge in [0.25, 0.3) is 0 Å². The molecule has 0 aliphatic rings. The lowest BCUT2D eigenvalue weighted by molar-refractivity contribution is -0.0527. The van der Waals surface area contributed by atoms with Gasteiger partial charge in [-0.05, 0) is 0 Å². The zero-order valence-corrected chi connectivity index (χ0v) is 9.87. The molecule has 2 amide bonds. The molecular formula is C9H19N3O3S. The van der Waals surface area contributed by atoms with Gasteiger partial charge >= 0.3 is 6.03 Å². The maximum absolute atomic E-state index is 11.0. The molecule has 0 heterocycles. The summed E-state index contributed by atoms with van der Waals surface area (Å²) < 4.78 is 0. The molecular weight excluding hydrogens is 230 g/mol. The summed E-state index contributed by atoms with van der Waals surface area (Å²) in [7, 11) is 0. The van der Waals surface area contributed by atoms with Gasteiger partial charge in [0.2, 0.25) is 0 Å². The quantitative estimate of drug-likeness (QED) is 0.212. The van der Waals surface area contributed by atoms with Crippen LogP contribution < -0.4 is 16.4 Å². The second kappa shape index (κ2) is 9.46. The summed E-state index contributed by atoms with van der Waals surface area (Å²) >= 11 is 1.45. The molecule has 0 radical (unpaired) electrons. The first kappa shape index (κ1) is 15.2. The number of urea groups is 1. The van der Waals surface area contributed by atoms with Gasteiger partial charge in [-0.15, -0.1) is 6.58 Å². The van der Waals surface area contributed by atoms with E-state index in [1.807, 2.05) is 0 Å². The Bertz CT molecular complexity index is 214. The second-order valence-corrected chi connectivity index (χ2v) is 4.23. The van der Waals surface area contributed by atoms with Crippen molar-refractivity contribution in [2.75, 3.05) is 24.6 Å². The van der Waals surface area contributed by atoms with Crippen LogP contribution in [0.5, 0.6) is 0 Å². The number of aliphatic hydroxyl groups is 2. The Morgan fingerprint density at radius 3 is 2.75 bits per heavy atom. The van der Waals surface area contributed by atoms with E-state index in [2.05, 4.69) is 17.2 Å². The molecule has 0 rings (SSSR count). The van der Waals surface area contributed by atoms with Crippen LogP contribution in [-0.2, 0) is 0 Å². The molecule has 0 aromatic heterocycles. The van der Waals surface area contributed by atoms with Crippen molar-refractivity contribution >= 4 is 17.8 Å². The van der Waals surface area contributed by atoms with Crippen molar-refractivity contribution in [3.05, 3.63) is 12.7 Å². The Kier molecular flexibility index (Phi) is 9.02. The molecule has 0 fully saturated rings. The molecule has 16 heavy (non-hydrogen) atoms. The molecule has 0 spiro atoms. The average Bonchev–Trinajstić information content (AvgIpc) is 2.25. The van der Waals surface area contributed by atoms with Crippen LogP contribution in [0.1, 0.15) is 0 Å². The summed E-state index contributed by atoms with van der Waals surface area (Å²) in [4.78, 5) is 11.0. The molecule has 6 N–H and O–H groups in total. The number of rotatable bonds is 8. The molecule has 0 aliphatic heterocycles. The third kappa shape index (κ3) is 8.54. The van der Waals surface area contributed by atoms with Crippen molar-refractivity contribution in [3.8, 4) is 0 Å². The Balaban J connectivity index is 3.33. The Hall–Kier alpha value is -0.760. The fourth-order valence-corrected chi connectivity index (χ4v) is 1.63. The second-order valence-electron chi connectivity index (χ2n) is 3.08. The molecule has 0 unspecified atom stereocenters. The smallest absolute Gasteiger partial charge is 0.315 e. The number of hydrogen-bond donors (Lipinski definition) is 5. The van der Waals surface area contributed by atoms with Gasteiger partial charge in [-0.1, -0.05) is 6.08 Å². The minimum Gasteiger partial charge on any atom is -0.367 e. The van der Waals surface area contributed by atoms with E-state index in [0.29, 0.717) is 24.6 Å². The van der Waals surface area contributed by atoms with Gasteiger partial charge in [0.05, 0.1) is 6.04 Å². The summed E-state index contributed by atoms with van der Waals surface area (Å²) in [6.07, 6.45) is 0.104. The van der Waals surface area contributed by atoms with Gasteiger partial charge in [0.15, 0.2) is 6.29 Å². The van der Waals surface area contributed by atoms with Crippen LogP contribution in [0.25, 0.3) is 0 Å². The largest absolute Gasteiger partial charge is 0.367 e. The molecule has 0 bridgehead atoms. The van der Waals surface area contributed by atoms with E-state index in [0.717, 1.165) is 0 Å². The average molecular weight is 249 g/mol.